The molecule has 0 atom stereocenters. The second kappa shape index (κ2) is 3.02. The predicted octanol–water partition coefficient (Wildman–Crippen LogP) is 2.08. The molecule has 0 unspecified atom stereocenters. The van der Waals surface area contributed by atoms with Crippen LogP contribution in [0.25, 0.3) is 0 Å². The van der Waals surface area contributed by atoms with Crippen molar-refractivity contribution in [2.75, 3.05) is 6.54 Å². The van der Waals surface area contributed by atoms with E-state index in [4.69, 9.17) is 0 Å². The van der Waals surface area contributed by atoms with Crippen LogP contribution in [0, 0.1) is 5.41 Å². The molecule has 0 aromatic carbocycles. The Kier molecular flexibility index (Phi) is 2.52. The van der Waals surface area contributed by atoms with Gasteiger partial charge in [-0.15, -0.1) is 0 Å². The molecule has 0 heterocycles. The average Bonchev–Trinajstić information content (AvgIpc) is 2.62. The second-order valence-corrected chi connectivity index (χ2v) is 6.45. The molecule has 1 aliphatic carbocycles. The monoisotopic (exact) mass is 233 g/mol. The summed E-state index contributed by atoms with van der Waals surface area (Å²) in [6.45, 7) is 6.74. The van der Waals surface area contributed by atoms with E-state index in [1.54, 1.807) is 0 Å². The summed E-state index contributed by atoms with van der Waals surface area (Å²) in [5.74, 6) is 0.0793. The minimum absolute atomic E-state index is 0.0793. The summed E-state index contributed by atoms with van der Waals surface area (Å²) < 4.78 is -0.432. The first-order chi connectivity index (χ1) is 5.33. The number of halogens is 1. The van der Waals surface area contributed by atoms with Crippen molar-refractivity contribution >= 4 is 21.8 Å². The highest BCUT2D eigenvalue weighted by atomic mass is 79.9. The lowest BCUT2D eigenvalue weighted by Crippen LogP contribution is -2.39. The van der Waals surface area contributed by atoms with Crippen LogP contribution in [0.3, 0.4) is 0 Å². The van der Waals surface area contributed by atoms with Gasteiger partial charge in [-0.1, -0.05) is 22.9 Å². The van der Waals surface area contributed by atoms with Crippen molar-refractivity contribution in [1.82, 2.24) is 5.32 Å². The quantitative estimate of drug-likeness (QED) is 0.744. The van der Waals surface area contributed by atoms with Crippen LogP contribution in [0.2, 0.25) is 0 Å². The normalized spacial score (nSPS) is 20.3. The molecule has 0 aromatic rings. The molecule has 3 heteroatoms. The Morgan fingerprint density at radius 3 is 2.42 bits per heavy atom. The smallest absolute Gasteiger partial charge is 0.236 e. The molecule has 0 spiro atoms. The second-order valence-electron chi connectivity index (χ2n) is 4.47. The van der Waals surface area contributed by atoms with E-state index in [0.29, 0.717) is 5.41 Å². The van der Waals surface area contributed by atoms with Crippen molar-refractivity contribution in [2.45, 2.75) is 37.9 Å². The Hall–Kier alpha value is -0.0500. The topological polar surface area (TPSA) is 29.1 Å². The molecule has 70 valence electrons. The minimum Gasteiger partial charge on any atom is -0.354 e. The van der Waals surface area contributed by atoms with E-state index in [9.17, 15) is 4.79 Å². The highest BCUT2D eigenvalue weighted by Gasteiger charge is 2.38. The van der Waals surface area contributed by atoms with Crippen molar-refractivity contribution in [3.05, 3.63) is 0 Å². The van der Waals surface area contributed by atoms with E-state index in [1.165, 1.54) is 12.8 Å². The number of amides is 1. The summed E-state index contributed by atoms with van der Waals surface area (Å²) in [6.07, 6.45) is 2.49. The third-order valence-electron chi connectivity index (χ3n) is 2.32. The molecular weight excluding hydrogens is 218 g/mol. The largest absolute Gasteiger partial charge is 0.354 e. The summed E-state index contributed by atoms with van der Waals surface area (Å²) in [4.78, 5) is 11.4. The van der Waals surface area contributed by atoms with Gasteiger partial charge in [0, 0.05) is 6.54 Å². The van der Waals surface area contributed by atoms with Crippen LogP contribution >= 0.6 is 15.9 Å². The van der Waals surface area contributed by atoms with E-state index < -0.39 is 4.32 Å². The predicted molar refractivity (Wildman–Crippen MR) is 53.4 cm³/mol. The van der Waals surface area contributed by atoms with Crippen molar-refractivity contribution in [1.29, 1.82) is 0 Å². The third-order valence-corrected chi connectivity index (χ3v) is 2.68. The van der Waals surface area contributed by atoms with Gasteiger partial charge < -0.3 is 5.32 Å². The fraction of sp³-hybridized carbons (Fsp3) is 0.889. The molecule has 0 saturated heterocycles. The molecule has 1 saturated carbocycles. The van der Waals surface area contributed by atoms with Crippen molar-refractivity contribution in [2.24, 2.45) is 5.41 Å². The van der Waals surface area contributed by atoms with E-state index in [2.05, 4.69) is 28.2 Å². The number of carbonyl (C=O) groups is 1. The highest BCUT2D eigenvalue weighted by Crippen LogP contribution is 2.44. The molecule has 1 rings (SSSR count). The molecule has 0 aliphatic heterocycles. The van der Waals surface area contributed by atoms with Crippen molar-refractivity contribution in [3.63, 3.8) is 0 Å². The van der Waals surface area contributed by atoms with E-state index in [1.807, 2.05) is 13.8 Å². The van der Waals surface area contributed by atoms with Gasteiger partial charge in [0.25, 0.3) is 0 Å². The zero-order chi connectivity index (χ0) is 9.41. The molecule has 0 aromatic heterocycles. The standard InChI is InChI=1S/C9H16BrNO/c1-8(2,10)7(12)11-6-9(3)4-5-9/h4-6H2,1-3H3,(H,11,12). The lowest BCUT2D eigenvalue weighted by atomic mass is 10.1. The molecule has 0 bridgehead atoms. The first-order valence-electron chi connectivity index (χ1n) is 4.31. The van der Waals surface area contributed by atoms with Crippen LogP contribution in [0.15, 0.2) is 0 Å². The van der Waals surface area contributed by atoms with E-state index in [-0.39, 0.29) is 5.91 Å². The first kappa shape index (κ1) is 10.0. The number of nitrogens with one attached hydrogen (secondary N) is 1. The highest BCUT2D eigenvalue weighted by molar-refractivity contribution is 9.10. The molecule has 2 nitrogen and oxygen atoms in total. The number of hydrogen-bond donors (Lipinski definition) is 1. The maximum atomic E-state index is 11.4. The molecule has 1 fully saturated rings. The summed E-state index contributed by atoms with van der Waals surface area (Å²) in [6, 6.07) is 0. The number of alkyl halides is 1. The van der Waals surface area contributed by atoms with Crippen LogP contribution in [0.1, 0.15) is 33.6 Å². The Labute approximate surface area is 82.2 Å². The first-order valence-corrected chi connectivity index (χ1v) is 5.10. The SMILES string of the molecule is CC1(CNC(=O)C(C)(C)Br)CC1. The summed E-state index contributed by atoms with van der Waals surface area (Å²) in [5.41, 5.74) is 0.397. The van der Waals surface area contributed by atoms with Gasteiger partial charge in [0.1, 0.15) is 0 Å². The molecular formula is C9H16BrNO. The lowest BCUT2D eigenvalue weighted by Gasteiger charge is -2.17. The lowest BCUT2D eigenvalue weighted by molar-refractivity contribution is -0.122. The molecule has 1 amide bonds. The van der Waals surface area contributed by atoms with Gasteiger partial charge in [0.05, 0.1) is 4.32 Å². The van der Waals surface area contributed by atoms with Crippen LogP contribution in [-0.4, -0.2) is 16.8 Å². The van der Waals surface area contributed by atoms with Gasteiger partial charge in [0.15, 0.2) is 0 Å². The van der Waals surface area contributed by atoms with Crippen LogP contribution in [0.4, 0.5) is 0 Å². The van der Waals surface area contributed by atoms with Gasteiger partial charge in [-0.3, -0.25) is 4.79 Å². The van der Waals surface area contributed by atoms with Gasteiger partial charge in [-0.2, -0.15) is 0 Å². The molecule has 0 radical (unpaired) electrons. The van der Waals surface area contributed by atoms with Crippen LogP contribution < -0.4 is 5.32 Å². The van der Waals surface area contributed by atoms with E-state index in [0.717, 1.165) is 6.54 Å². The van der Waals surface area contributed by atoms with Gasteiger partial charge in [-0.05, 0) is 32.1 Å². The fourth-order valence-electron chi connectivity index (χ4n) is 0.894. The van der Waals surface area contributed by atoms with Gasteiger partial charge in [-0.25, -0.2) is 0 Å². The third kappa shape index (κ3) is 2.77. The summed E-state index contributed by atoms with van der Waals surface area (Å²) in [7, 11) is 0. The fourth-order valence-corrected chi connectivity index (χ4v) is 1.03. The average molecular weight is 234 g/mol. The van der Waals surface area contributed by atoms with Crippen LogP contribution in [-0.2, 0) is 4.79 Å². The van der Waals surface area contributed by atoms with Gasteiger partial charge in [0.2, 0.25) is 5.91 Å². The number of hydrogen-bond acceptors (Lipinski definition) is 1. The maximum Gasteiger partial charge on any atom is 0.236 e. The zero-order valence-electron chi connectivity index (χ0n) is 7.91. The Bertz CT molecular complexity index is 191. The Balaban J connectivity index is 2.28. The van der Waals surface area contributed by atoms with E-state index >= 15 is 0 Å². The molecule has 1 N–H and O–H groups in total. The summed E-state index contributed by atoms with van der Waals surface area (Å²) >= 11 is 3.32. The van der Waals surface area contributed by atoms with Crippen LogP contribution in [0.5, 0.6) is 0 Å². The zero-order valence-corrected chi connectivity index (χ0v) is 9.49. The molecule has 1 aliphatic rings. The number of carbonyl (C=O) groups excluding carboxylic acids is 1. The minimum atomic E-state index is -0.432. The maximum absolute atomic E-state index is 11.4. The number of rotatable bonds is 3. The molecule has 12 heavy (non-hydrogen) atoms. The Morgan fingerprint density at radius 1 is 1.58 bits per heavy atom. The Morgan fingerprint density at radius 2 is 2.08 bits per heavy atom. The van der Waals surface area contributed by atoms with Crippen molar-refractivity contribution < 1.29 is 4.79 Å². The summed E-state index contributed by atoms with van der Waals surface area (Å²) in [5, 5.41) is 2.94. The van der Waals surface area contributed by atoms with Crippen molar-refractivity contribution in [3.8, 4) is 0 Å². The van der Waals surface area contributed by atoms with Gasteiger partial charge >= 0.3 is 0 Å².